The zero-order valence-electron chi connectivity index (χ0n) is 9.87. The standard InChI is InChI=1S/C10H10FN3O6/c11-6-2-1-5(14(19)20)3-7(6)12-10(18)13-8(4-15)9(16)17/h1-3,8,15H,4H2,(H,16,17)(H2,12,13,18)/t8-/m1/s1. The van der Waals surface area contributed by atoms with Crippen molar-refractivity contribution in [3.05, 3.63) is 34.1 Å². The van der Waals surface area contributed by atoms with E-state index in [4.69, 9.17) is 10.2 Å². The summed E-state index contributed by atoms with van der Waals surface area (Å²) in [7, 11) is 0. The van der Waals surface area contributed by atoms with Crippen molar-refractivity contribution in [2.45, 2.75) is 6.04 Å². The first-order valence-corrected chi connectivity index (χ1v) is 5.20. The van der Waals surface area contributed by atoms with E-state index in [-0.39, 0.29) is 0 Å². The number of aliphatic hydroxyl groups is 1. The highest BCUT2D eigenvalue weighted by Gasteiger charge is 2.20. The maximum Gasteiger partial charge on any atom is 0.328 e. The fourth-order valence-electron chi connectivity index (χ4n) is 1.22. The summed E-state index contributed by atoms with van der Waals surface area (Å²) in [6, 6.07) is -0.216. The van der Waals surface area contributed by atoms with Crippen molar-refractivity contribution in [1.82, 2.24) is 5.32 Å². The number of hydrogen-bond donors (Lipinski definition) is 4. The minimum absolute atomic E-state index is 0.446. The van der Waals surface area contributed by atoms with Crippen LogP contribution < -0.4 is 10.6 Å². The molecule has 0 heterocycles. The van der Waals surface area contributed by atoms with Crippen LogP contribution in [0.25, 0.3) is 0 Å². The lowest BCUT2D eigenvalue weighted by Gasteiger charge is -2.12. The van der Waals surface area contributed by atoms with E-state index in [1.54, 1.807) is 0 Å². The van der Waals surface area contributed by atoms with E-state index in [0.717, 1.165) is 18.2 Å². The lowest BCUT2D eigenvalue weighted by molar-refractivity contribution is -0.384. The summed E-state index contributed by atoms with van der Waals surface area (Å²) in [5, 5.41) is 31.6. The molecule has 9 nitrogen and oxygen atoms in total. The molecule has 10 heteroatoms. The Bertz CT molecular complexity index is 550. The molecule has 1 aromatic rings. The average Bonchev–Trinajstić information content (AvgIpc) is 2.37. The van der Waals surface area contributed by atoms with Gasteiger partial charge < -0.3 is 20.8 Å². The molecule has 0 aliphatic heterocycles. The number of non-ortho nitro benzene ring substituents is 1. The van der Waals surface area contributed by atoms with Crippen LogP contribution >= 0.6 is 0 Å². The van der Waals surface area contributed by atoms with E-state index in [2.05, 4.69) is 0 Å². The van der Waals surface area contributed by atoms with Crippen LogP contribution in [0.3, 0.4) is 0 Å². The molecule has 0 fully saturated rings. The summed E-state index contributed by atoms with van der Waals surface area (Å²) in [4.78, 5) is 31.7. The number of aliphatic hydroxyl groups excluding tert-OH is 1. The number of halogens is 1. The van der Waals surface area contributed by atoms with Gasteiger partial charge in [0.25, 0.3) is 5.69 Å². The molecule has 0 spiro atoms. The number of nitrogens with one attached hydrogen (secondary N) is 2. The van der Waals surface area contributed by atoms with Gasteiger partial charge in [-0.15, -0.1) is 0 Å². The number of carboxylic acid groups (broad SMARTS) is 1. The molecule has 108 valence electrons. The van der Waals surface area contributed by atoms with Gasteiger partial charge in [-0.25, -0.2) is 14.0 Å². The number of carboxylic acids is 1. The van der Waals surface area contributed by atoms with Gasteiger partial charge in [-0.2, -0.15) is 0 Å². The smallest absolute Gasteiger partial charge is 0.328 e. The Kier molecular flexibility index (Phi) is 4.92. The number of nitrogens with zero attached hydrogens (tertiary/aromatic N) is 1. The van der Waals surface area contributed by atoms with E-state index in [1.807, 2.05) is 10.6 Å². The second-order valence-electron chi connectivity index (χ2n) is 3.59. The highest BCUT2D eigenvalue weighted by molar-refractivity contribution is 5.92. The van der Waals surface area contributed by atoms with Crippen LogP contribution in [0, 0.1) is 15.9 Å². The Hall–Kier alpha value is -2.75. The molecule has 0 aromatic heterocycles. The van der Waals surface area contributed by atoms with Crippen LogP contribution in [0.5, 0.6) is 0 Å². The summed E-state index contributed by atoms with van der Waals surface area (Å²) < 4.78 is 13.3. The number of aliphatic carboxylic acids is 1. The molecule has 20 heavy (non-hydrogen) atoms. The third-order valence-corrected chi connectivity index (χ3v) is 2.19. The van der Waals surface area contributed by atoms with E-state index in [9.17, 15) is 24.1 Å². The summed E-state index contributed by atoms with van der Waals surface area (Å²) in [6.45, 7) is -0.861. The van der Waals surface area contributed by atoms with Gasteiger partial charge in [0.1, 0.15) is 5.82 Å². The van der Waals surface area contributed by atoms with E-state index >= 15 is 0 Å². The molecule has 0 saturated carbocycles. The van der Waals surface area contributed by atoms with Crippen molar-refractivity contribution in [3.63, 3.8) is 0 Å². The van der Waals surface area contributed by atoms with E-state index < -0.39 is 46.8 Å². The van der Waals surface area contributed by atoms with Crippen molar-refractivity contribution in [2.75, 3.05) is 11.9 Å². The lowest BCUT2D eigenvalue weighted by atomic mass is 10.2. The quantitative estimate of drug-likeness (QED) is 0.453. The highest BCUT2D eigenvalue weighted by atomic mass is 19.1. The molecule has 2 amide bonds. The van der Waals surface area contributed by atoms with Crippen LogP contribution in [0.1, 0.15) is 0 Å². The molecule has 0 aliphatic rings. The van der Waals surface area contributed by atoms with Crippen molar-refractivity contribution in [3.8, 4) is 0 Å². The van der Waals surface area contributed by atoms with Crippen LogP contribution in [-0.2, 0) is 4.79 Å². The van der Waals surface area contributed by atoms with E-state index in [1.165, 1.54) is 0 Å². The number of anilines is 1. The number of benzene rings is 1. The Balaban J connectivity index is 2.82. The Morgan fingerprint density at radius 2 is 2.10 bits per heavy atom. The van der Waals surface area contributed by atoms with E-state index in [0.29, 0.717) is 0 Å². The molecule has 0 unspecified atom stereocenters. The third kappa shape index (κ3) is 3.88. The molecular weight excluding hydrogens is 277 g/mol. The second kappa shape index (κ2) is 6.43. The minimum Gasteiger partial charge on any atom is -0.480 e. The van der Waals surface area contributed by atoms with Gasteiger partial charge in [0.15, 0.2) is 6.04 Å². The molecule has 4 N–H and O–H groups in total. The van der Waals surface area contributed by atoms with Gasteiger partial charge in [0.05, 0.1) is 17.2 Å². The summed E-state index contributed by atoms with van der Waals surface area (Å²) in [6.07, 6.45) is 0. The van der Waals surface area contributed by atoms with Gasteiger partial charge >= 0.3 is 12.0 Å². The number of urea groups is 1. The number of hydrogen-bond acceptors (Lipinski definition) is 5. The Morgan fingerprint density at radius 3 is 2.60 bits per heavy atom. The first kappa shape index (κ1) is 15.3. The monoisotopic (exact) mass is 287 g/mol. The van der Waals surface area contributed by atoms with Crippen molar-refractivity contribution in [1.29, 1.82) is 0 Å². The van der Waals surface area contributed by atoms with Crippen molar-refractivity contribution in [2.24, 2.45) is 0 Å². The topological polar surface area (TPSA) is 142 Å². The van der Waals surface area contributed by atoms with Crippen LogP contribution in [-0.4, -0.2) is 39.8 Å². The number of nitro benzene ring substituents is 1. The number of carbonyl (C=O) groups excluding carboxylic acids is 1. The average molecular weight is 287 g/mol. The first-order valence-electron chi connectivity index (χ1n) is 5.20. The van der Waals surface area contributed by atoms with Gasteiger partial charge in [0, 0.05) is 12.1 Å². The fourth-order valence-corrected chi connectivity index (χ4v) is 1.22. The number of carbonyl (C=O) groups is 2. The summed E-state index contributed by atoms with van der Waals surface area (Å²) >= 11 is 0. The molecule has 0 radical (unpaired) electrons. The SMILES string of the molecule is O=C(Nc1cc([N+](=O)[O-])ccc1F)N[C@H](CO)C(=O)O. The predicted molar refractivity (Wildman–Crippen MR) is 63.7 cm³/mol. The second-order valence-corrected chi connectivity index (χ2v) is 3.59. The number of rotatable bonds is 5. The zero-order chi connectivity index (χ0) is 15.3. The Labute approximate surface area is 111 Å². The predicted octanol–water partition coefficient (Wildman–Crippen LogP) is 0.301. The number of nitro groups is 1. The lowest BCUT2D eigenvalue weighted by Crippen LogP contribution is -2.45. The van der Waals surface area contributed by atoms with Gasteiger partial charge in [-0.05, 0) is 6.07 Å². The van der Waals surface area contributed by atoms with Gasteiger partial charge in [-0.1, -0.05) is 0 Å². The largest absolute Gasteiger partial charge is 0.480 e. The van der Waals surface area contributed by atoms with Crippen molar-refractivity contribution >= 4 is 23.4 Å². The molecule has 1 rings (SSSR count). The van der Waals surface area contributed by atoms with Crippen molar-refractivity contribution < 1.29 is 29.1 Å². The Morgan fingerprint density at radius 1 is 1.45 bits per heavy atom. The van der Waals surface area contributed by atoms with Crippen LogP contribution in [0.15, 0.2) is 18.2 Å². The molecule has 0 saturated heterocycles. The van der Waals surface area contributed by atoms with Gasteiger partial charge in [0.2, 0.25) is 0 Å². The molecular formula is C10H10FN3O6. The molecule has 1 aromatic carbocycles. The van der Waals surface area contributed by atoms with Crippen LogP contribution in [0.4, 0.5) is 20.6 Å². The fraction of sp³-hybridized carbons (Fsp3) is 0.200. The molecule has 0 bridgehead atoms. The minimum atomic E-state index is -1.57. The summed E-state index contributed by atoms with van der Waals surface area (Å²) in [5.74, 6) is -2.41. The zero-order valence-corrected chi connectivity index (χ0v) is 9.87. The number of amides is 2. The normalized spacial score (nSPS) is 11.5. The highest BCUT2D eigenvalue weighted by Crippen LogP contribution is 2.20. The molecule has 1 atom stereocenters. The maximum atomic E-state index is 13.3. The van der Waals surface area contributed by atoms with Crippen LogP contribution in [0.2, 0.25) is 0 Å². The summed E-state index contributed by atoms with van der Waals surface area (Å²) in [5.41, 5.74) is -0.933. The third-order valence-electron chi connectivity index (χ3n) is 2.19. The maximum absolute atomic E-state index is 13.3. The molecule has 0 aliphatic carbocycles. The van der Waals surface area contributed by atoms with Gasteiger partial charge in [-0.3, -0.25) is 10.1 Å². The first-order chi connectivity index (χ1) is 9.35.